The summed E-state index contributed by atoms with van der Waals surface area (Å²) in [7, 11) is -0.433. The largest absolute Gasteiger partial charge is 0.504 e. The lowest BCUT2D eigenvalue weighted by atomic mass is 10.1. The maximum Gasteiger partial charge on any atom is 0.308 e. The van der Waals surface area contributed by atoms with Crippen molar-refractivity contribution in [2.45, 2.75) is 25.2 Å². The monoisotopic (exact) mass is 254 g/mol. The summed E-state index contributed by atoms with van der Waals surface area (Å²) in [6.45, 7) is 6.02. The second-order valence-electron chi connectivity index (χ2n) is 5.07. The van der Waals surface area contributed by atoms with Crippen molar-refractivity contribution in [3.63, 3.8) is 0 Å². The van der Waals surface area contributed by atoms with Crippen LogP contribution in [0, 0.1) is 0 Å². The summed E-state index contributed by atoms with van der Waals surface area (Å²) < 4.78 is 5.00. The smallest absolute Gasteiger partial charge is 0.308 e. The molecule has 0 spiro atoms. The fourth-order valence-electron chi connectivity index (χ4n) is 1.89. The lowest BCUT2D eigenvalue weighted by Crippen LogP contribution is -2.36. The molecule has 1 rings (SSSR count). The van der Waals surface area contributed by atoms with Gasteiger partial charge in [0.25, 0.3) is 0 Å². The standard InChI is InChI=1S/C12H18O4Si/c1-16-10-7-8(5-6-9(10)13)11(12(14)15)17(2,3)4/h5-7,11,13H,1-4H3,(H,14,15). The Labute approximate surface area is 102 Å². The molecule has 2 N–H and O–H groups in total. The molecule has 1 aromatic rings. The van der Waals surface area contributed by atoms with Gasteiger partial charge in [-0.05, 0) is 17.7 Å². The van der Waals surface area contributed by atoms with Gasteiger partial charge in [-0.25, -0.2) is 0 Å². The van der Waals surface area contributed by atoms with E-state index in [0.29, 0.717) is 11.3 Å². The zero-order valence-corrected chi connectivity index (χ0v) is 11.5. The number of carboxylic acids is 1. The quantitative estimate of drug-likeness (QED) is 0.810. The molecule has 0 amide bonds. The molecule has 1 atom stereocenters. The van der Waals surface area contributed by atoms with Crippen molar-refractivity contribution in [1.82, 2.24) is 0 Å². The van der Waals surface area contributed by atoms with Crippen LogP contribution < -0.4 is 4.74 Å². The molecule has 5 heteroatoms. The van der Waals surface area contributed by atoms with Gasteiger partial charge in [0.1, 0.15) is 0 Å². The van der Waals surface area contributed by atoms with Crippen LogP contribution in [0.25, 0.3) is 0 Å². The number of carbonyl (C=O) groups is 1. The van der Waals surface area contributed by atoms with Crippen LogP contribution in [0.1, 0.15) is 11.1 Å². The van der Waals surface area contributed by atoms with Crippen LogP contribution in [-0.2, 0) is 4.79 Å². The fraction of sp³-hybridized carbons (Fsp3) is 0.417. The minimum atomic E-state index is -1.88. The number of phenolic OH excluding ortho intramolecular Hbond substituents is 1. The molecule has 0 aliphatic heterocycles. The first-order chi connectivity index (χ1) is 7.77. The van der Waals surface area contributed by atoms with Crippen LogP contribution in [0.3, 0.4) is 0 Å². The normalized spacial score (nSPS) is 13.2. The number of hydrogen-bond acceptors (Lipinski definition) is 3. The van der Waals surface area contributed by atoms with Gasteiger partial charge < -0.3 is 14.9 Å². The predicted octanol–water partition coefficient (Wildman–Crippen LogP) is 2.45. The van der Waals surface area contributed by atoms with Crippen molar-refractivity contribution in [2.24, 2.45) is 0 Å². The third kappa shape index (κ3) is 3.00. The van der Waals surface area contributed by atoms with Gasteiger partial charge in [-0.1, -0.05) is 25.7 Å². The summed E-state index contributed by atoms with van der Waals surface area (Å²) >= 11 is 0. The third-order valence-corrected chi connectivity index (χ3v) is 4.96. The highest BCUT2D eigenvalue weighted by molar-refractivity contribution is 6.80. The second kappa shape index (κ2) is 4.79. The maximum absolute atomic E-state index is 11.4. The average molecular weight is 254 g/mol. The average Bonchev–Trinajstić information content (AvgIpc) is 2.18. The van der Waals surface area contributed by atoms with Crippen LogP contribution in [-0.4, -0.2) is 31.4 Å². The van der Waals surface area contributed by atoms with Gasteiger partial charge in [0.15, 0.2) is 11.5 Å². The zero-order valence-electron chi connectivity index (χ0n) is 10.5. The molecule has 94 valence electrons. The van der Waals surface area contributed by atoms with Crippen molar-refractivity contribution in [1.29, 1.82) is 0 Å². The molecule has 0 bridgehead atoms. The lowest BCUT2D eigenvalue weighted by molar-refractivity contribution is -0.136. The van der Waals surface area contributed by atoms with Crippen LogP contribution >= 0.6 is 0 Å². The van der Waals surface area contributed by atoms with Gasteiger partial charge in [0, 0.05) is 0 Å². The first-order valence-electron chi connectivity index (χ1n) is 5.37. The zero-order chi connectivity index (χ0) is 13.2. The minimum Gasteiger partial charge on any atom is -0.504 e. The van der Waals surface area contributed by atoms with E-state index >= 15 is 0 Å². The van der Waals surface area contributed by atoms with Gasteiger partial charge in [-0.2, -0.15) is 0 Å². The number of rotatable bonds is 4. The molecule has 0 fully saturated rings. The first-order valence-corrected chi connectivity index (χ1v) is 8.95. The van der Waals surface area contributed by atoms with E-state index in [1.165, 1.54) is 13.2 Å². The SMILES string of the molecule is COc1cc(C(C(=O)O)[Si](C)(C)C)ccc1O. The third-order valence-electron chi connectivity index (χ3n) is 2.65. The minimum absolute atomic E-state index is 0.0240. The van der Waals surface area contributed by atoms with E-state index in [2.05, 4.69) is 0 Å². The number of ether oxygens (including phenoxy) is 1. The Morgan fingerprint density at radius 3 is 2.35 bits per heavy atom. The van der Waals surface area contributed by atoms with Gasteiger partial charge in [-0.15, -0.1) is 0 Å². The fourth-order valence-corrected chi connectivity index (χ4v) is 3.81. The van der Waals surface area contributed by atoms with Crippen molar-refractivity contribution in [3.8, 4) is 11.5 Å². The summed E-state index contributed by atoms with van der Waals surface area (Å²) in [5.41, 5.74) is 0.184. The van der Waals surface area contributed by atoms with E-state index in [1.807, 2.05) is 19.6 Å². The van der Waals surface area contributed by atoms with Crippen molar-refractivity contribution < 1.29 is 19.7 Å². The van der Waals surface area contributed by atoms with Crippen molar-refractivity contribution in [3.05, 3.63) is 23.8 Å². The predicted molar refractivity (Wildman–Crippen MR) is 68.4 cm³/mol. The lowest BCUT2D eigenvalue weighted by Gasteiger charge is -2.25. The molecular formula is C12H18O4Si. The summed E-state index contributed by atoms with van der Waals surface area (Å²) in [5, 5.41) is 18.8. The summed E-state index contributed by atoms with van der Waals surface area (Å²) in [5.74, 6) is -0.486. The molecule has 0 radical (unpaired) electrons. The molecule has 0 saturated heterocycles. The van der Waals surface area contributed by atoms with Gasteiger partial charge in [0.05, 0.1) is 20.7 Å². The van der Waals surface area contributed by atoms with Gasteiger partial charge in [0.2, 0.25) is 0 Å². The van der Waals surface area contributed by atoms with Crippen LogP contribution in [0.5, 0.6) is 11.5 Å². The van der Waals surface area contributed by atoms with Gasteiger partial charge in [-0.3, -0.25) is 4.79 Å². The molecule has 0 aliphatic carbocycles. The Bertz CT molecular complexity index is 423. The highest BCUT2D eigenvalue weighted by Crippen LogP contribution is 2.33. The summed E-state index contributed by atoms with van der Waals surface area (Å²) in [6, 6.07) is 4.73. The molecule has 17 heavy (non-hydrogen) atoms. The second-order valence-corrected chi connectivity index (χ2v) is 10.4. The Hall–Kier alpha value is -1.49. The van der Waals surface area contributed by atoms with Crippen molar-refractivity contribution >= 4 is 14.0 Å². The molecule has 0 aliphatic rings. The number of aliphatic carboxylic acids is 1. The number of phenols is 1. The number of carboxylic acid groups (broad SMARTS) is 1. The molecule has 4 nitrogen and oxygen atoms in total. The van der Waals surface area contributed by atoms with Crippen molar-refractivity contribution in [2.75, 3.05) is 7.11 Å². The Kier molecular flexibility index (Phi) is 3.82. The Balaban J connectivity index is 3.25. The molecule has 1 unspecified atom stereocenters. The molecule has 0 saturated carbocycles. The topological polar surface area (TPSA) is 66.8 Å². The molecule has 0 aromatic heterocycles. The highest BCUT2D eigenvalue weighted by atomic mass is 28.3. The van der Waals surface area contributed by atoms with E-state index in [0.717, 1.165) is 0 Å². The number of aromatic hydroxyl groups is 1. The van der Waals surface area contributed by atoms with E-state index in [1.54, 1.807) is 12.1 Å². The van der Waals surface area contributed by atoms with E-state index in [4.69, 9.17) is 4.74 Å². The van der Waals surface area contributed by atoms with Crippen LogP contribution in [0.4, 0.5) is 0 Å². The van der Waals surface area contributed by atoms with E-state index in [-0.39, 0.29) is 5.75 Å². The molecule has 0 heterocycles. The number of methoxy groups -OCH3 is 1. The highest BCUT2D eigenvalue weighted by Gasteiger charge is 2.34. The Morgan fingerprint density at radius 2 is 1.94 bits per heavy atom. The number of benzene rings is 1. The Morgan fingerprint density at radius 1 is 1.35 bits per heavy atom. The van der Waals surface area contributed by atoms with E-state index < -0.39 is 19.6 Å². The van der Waals surface area contributed by atoms with Crippen LogP contribution in [0.15, 0.2) is 18.2 Å². The molecular weight excluding hydrogens is 236 g/mol. The van der Waals surface area contributed by atoms with Gasteiger partial charge >= 0.3 is 5.97 Å². The summed E-state index contributed by atoms with van der Waals surface area (Å²) in [6.07, 6.45) is 0. The summed E-state index contributed by atoms with van der Waals surface area (Å²) in [4.78, 5) is 11.4. The number of hydrogen-bond donors (Lipinski definition) is 2. The maximum atomic E-state index is 11.4. The van der Waals surface area contributed by atoms with Crippen LogP contribution in [0.2, 0.25) is 19.6 Å². The van der Waals surface area contributed by atoms with E-state index in [9.17, 15) is 15.0 Å². The first kappa shape index (κ1) is 13.6. The molecule has 1 aromatic carbocycles.